The Labute approximate surface area is 106 Å². The van der Waals surface area contributed by atoms with E-state index in [4.69, 9.17) is 11.6 Å². The van der Waals surface area contributed by atoms with Crippen LogP contribution in [-0.4, -0.2) is 42.0 Å². The van der Waals surface area contributed by atoms with E-state index in [-0.39, 0.29) is 11.1 Å². The van der Waals surface area contributed by atoms with E-state index in [0.29, 0.717) is 18.2 Å². The van der Waals surface area contributed by atoms with Gasteiger partial charge in [0.1, 0.15) is 5.15 Å². The summed E-state index contributed by atoms with van der Waals surface area (Å²) < 4.78 is 0. The minimum atomic E-state index is -0.160. The van der Waals surface area contributed by atoms with Crippen LogP contribution in [0, 0.1) is 0 Å². The predicted octanol–water partition coefficient (Wildman–Crippen LogP) is 1.56. The van der Waals surface area contributed by atoms with Gasteiger partial charge in [-0.1, -0.05) is 11.6 Å². The number of nitrogens with one attached hydrogen (secondary N) is 1. The molecule has 1 saturated carbocycles. The van der Waals surface area contributed by atoms with Gasteiger partial charge >= 0.3 is 0 Å². The zero-order chi connectivity index (χ0) is 12.3. The summed E-state index contributed by atoms with van der Waals surface area (Å²) in [5.74, 6) is -0.160. The van der Waals surface area contributed by atoms with Gasteiger partial charge in [-0.05, 0) is 32.0 Å². The largest absolute Gasteiger partial charge is 0.351 e. The van der Waals surface area contributed by atoms with Crippen molar-refractivity contribution in [3.8, 4) is 0 Å². The maximum Gasteiger partial charge on any atom is 0.254 e. The lowest BCUT2D eigenvalue weighted by atomic mass is 10.2. The summed E-state index contributed by atoms with van der Waals surface area (Å²) in [4.78, 5) is 17.9. The molecule has 1 aliphatic rings. The van der Waals surface area contributed by atoms with E-state index in [1.807, 2.05) is 0 Å². The van der Waals surface area contributed by atoms with Gasteiger partial charge in [0, 0.05) is 25.3 Å². The lowest BCUT2D eigenvalue weighted by Gasteiger charge is -2.15. The summed E-state index contributed by atoms with van der Waals surface area (Å²) in [6.07, 6.45) is 4.12. The Bertz CT molecular complexity index is 406. The van der Waals surface area contributed by atoms with Gasteiger partial charge in [0.15, 0.2) is 0 Å². The normalized spacial score (nSPS) is 15.0. The van der Waals surface area contributed by atoms with Crippen LogP contribution in [0.15, 0.2) is 18.3 Å². The number of carbonyl (C=O) groups excluding carboxylic acids is 1. The summed E-state index contributed by atoms with van der Waals surface area (Å²) in [6, 6.07) is 4.10. The number of hydrogen-bond acceptors (Lipinski definition) is 3. The number of likely N-dealkylation sites (N-methyl/N-ethyl adjacent to an activating group) is 1. The third-order valence-corrected chi connectivity index (χ3v) is 3.23. The topological polar surface area (TPSA) is 45.2 Å². The maximum atomic E-state index is 11.8. The van der Waals surface area contributed by atoms with Gasteiger partial charge in [0.05, 0.1) is 5.56 Å². The Morgan fingerprint density at radius 2 is 2.41 bits per heavy atom. The molecule has 1 fully saturated rings. The molecule has 0 radical (unpaired) electrons. The van der Waals surface area contributed by atoms with Crippen molar-refractivity contribution in [2.75, 3.05) is 20.1 Å². The molecule has 1 heterocycles. The van der Waals surface area contributed by atoms with E-state index < -0.39 is 0 Å². The molecule has 5 heteroatoms. The van der Waals surface area contributed by atoms with Gasteiger partial charge < -0.3 is 10.2 Å². The number of aromatic nitrogens is 1. The molecule has 17 heavy (non-hydrogen) atoms. The van der Waals surface area contributed by atoms with Crippen molar-refractivity contribution in [3.63, 3.8) is 0 Å². The average molecular weight is 254 g/mol. The summed E-state index contributed by atoms with van der Waals surface area (Å²) in [6.45, 7) is 1.51. The Morgan fingerprint density at radius 1 is 1.65 bits per heavy atom. The standard InChI is InChI=1S/C12H16ClN3O/c1-16(9-4-5-9)8-7-15-12(17)10-3-2-6-14-11(10)13/h2-3,6,9H,4-5,7-8H2,1H3,(H,15,17). The van der Waals surface area contributed by atoms with Gasteiger partial charge in [-0.2, -0.15) is 0 Å². The first kappa shape index (κ1) is 12.3. The highest BCUT2D eigenvalue weighted by atomic mass is 35.5. The Kier molecular flexibility index (Phi) is 3.97. The monoisotopic (exact) mass is 253 g/mol. The highest BCUT2D eigenvalue weighted by molar-refractivity contribution is 6.32. The van der Waals surface area contributed by atoms with Crippen LogP contribution < -0.4 is 5.32 Å². The second kappa shape index (κ2) is 5.47. The molecule has 0 saturated heterocycles. The van der Waals surface area contributed by atoms with Crippen molar-refractivity contribution in [1.82, 2.24) is 15.2 Å². The highest BCUT2D eigenvalue weighted by Gasteiger charge is 2.25. The minimum absolute atomic E-state index is 0.160. The fourth-order valence-electron chi connectivity index (χ4n) is 1.69. The van der Waals surface area contributed by atoms with Gasteiger partial charge in [-0.3, -0.25) is 4.79 Å². The van der Waals surface area contributed by atoms with Crippen LogP contribution in [0.5, 0.6) is 0 Å². The molecule has 0 atom stereocenters. The molecule has 0 aliphatic heterocycles. The van der Waals surface area contributed by atoms with Gasteiger partial charge in [-0.25, -0.2) is 4.98 Å². The third kappa shape index (κ3) is 3.41. The quantitative estimate of drug-likeness (QED) is 0.810. The van der Waals surface area contributed by atoms with E-state index in [0.717, 1.165) is 6.54 Å². The second-order valence-corrected chi connectivity index (χ2v) is 4.67. The van der Waals surface area contributed by atoms with Crippen molar-refractivity contribution in [3.05, 3.63) is 29.0 Å². The van der Waals surface area contributed by atoms with Crippen molar-refractivity contribution < 1.29 is 4.79 Å². The number of nitrogens with zero attached hydrogens (tertiary/aromatic N) is 2. The fourth-order valence-corrected chi connectivity index (χ4v) is 1.90. The number of pyridine rings is 1. The first-order chi connectivity index (χ1) is 8.18. The molecule has 1 aromatic rings. The van der Waals surface area contributed by atoms with E-state index >= 15 is 0 Å². The van der Waals surface area contributed by atoms with Crippen LogP contribution in [0.25, 0.3) is 0 Å². The number of rotatable bonds is 5. The maximum absolute atomic E-state index is 11.8. The van der Waals surface area contributed by atoms with Crippen molar-refractivity contribution in [1.29, 1.82) is 0 Å². The van der Waals surface area contributed by atoms with Gasteiger partial charge in [-0.15, -0.1) is 0 Å². The van der Waals surface area contributed by atoms with Crippen LogP contribution in [0.2, 0.25) is 5.15 Å². The number of carbonyl (C=O) groups is 1. The van der Waals surface area contributed by atoms with Crippen LogP contribution in [0.4, 0.5) is 0 Å². The Hall–Kier alpha value is -1.13. The molecule has 1 aliphatic carbocycles. The van der Waals surface area contributed by atoms with Gasteiger partial charge in [0.25, 0.3) is 5.91 Å². The number of halogens is 1. The van der Waals surface area contributed by atoms with Crippen molar-refractivity contribution in [2.45, 2.75) is 18.9 Å². The van der Waals surface area contributed by atoms with Crippen LogP contribution in [-0.2, 0) is 0 Å². The Balaban J connectivity index is 1.79. The molecular formula is C12H16ClN3O. The molecule has 0 aromatic carbocycles. The first-order valence-corrected chi connectivity index (χ1v) is 6.15. The molecular weight excluding hydrogens is 238 g/mol. The zero-order valence-electron chi connectivity index (χ0n) is 9.82. The lowest BCUT2D eigenvalue weighted by Crippen LogP contribution is -2.34. The van der Waals surface area contributed by atoms with Gasteiger partial charge in [0.2, 0.25) is 0 Å². The van der Waals surface area contributed by atoms with E-state index in [1.54, 1.807) is 18.3 Å². The van der Waals surface area contributed by atoms with E-state index in [1.165, 1.54) is 12.8 Å². The Morgan fingerprint density at radius 3 is 3.06 bits per heavy atom. The van der Waals surface area contributed by atoms with Crippen LogP contribution >= 0.6 is 11.6 Å². The van der Waals surface area contributed by atoms with E-state index in [2.05, 4.69) is 22.2 Å². The SMILES string of the molecule is CN(CCNC(=O)c1cccnc1Cl)C1CC1. The molecule has 0 unspecified atom stereocenters. The molecule has 0 bridgehead atoms. The van der Waals surface area contributed by atoms with Crippen molar-refractivity contribution in [2.24, 2.45) is 0 Å². The van der Waals surface area contributed by atoms with E-state index in [9.17, 15) is 4.79 Å². The smallest absolute Gasteiger partial charge is 0.254 e. The molecule has 1 N–H and O–H groups in total. The van der Waals surface area contributed by atoms with Crippen molar-refractivity contribution >= 4 is 17.5 Å². The molecule has 92 valence electrons. The summed E-state index contributed by atoms with van der Waals surface area (Å²) in [5.41, 5.74) is 0.434. The average Bonchev–Trinajstić information content (AvgIpc) is 3.13. The van der Waals surface area contributed by atoms with Crippen LogP contribution in [0.3, 0.4) is 0 Å². The summed E-state index contributed by atoms with van der Waals surface area (Å²) in [5, 5.41) is 3.10. The lowest BCUT2D eigenvalue weighted by molar-refractivity contribution is 0.0949. The zero-order valence-corrected chi connectivity index (χ0v) is 10.6. The third-order valence-electron chi connectivity index (χ3n) is 2.92. The molecule has 2 rings (SSSR count). The highest BCUT2D eigenvalue weighted by Crippen LogP contribution is 2.24. The molecule has 1 amide bonds. The predicted molar refractivity (Wildman–Crippen MR) is 67.2 cm³/mol. The summed E-state index contributed by atoms with van der Waals surface area (Å²) >= 11 is 5.84. The second-order valence-electron chi connectivity index (χ2n) is 4.31. The summed E-state index contributed by atoms with van der Waals surface area (Å²) in [7, 11) is 2.08. The minimum Gasteiger partial charge on any atom is -0.351 e. The molecule has 0 spiro atoms. The number of hydrogen-bond donors (Lipinski definition) is 1. The fraction of sp³-hybridized carbons (Fsp3) is 0.500. The number of amides is 1. The van der Waals surface area contributed by atoms with Crippen LogP contribution in [0.1, 0.15) is 23.2 Å². The first-order valence-electron chi connectivity index (χ1n) is 5.77. The molecule has 4 nitrogen and oxygen atoms in total. The molecule has 1 aromatic heterocycles.